The molecule has 0 unspecified atom stereocenters. The summed E-state index contributed by atoms with van der Waals surface area (Å²) in [5, 5.41) is 1.30. The molecule has 516 valence electrons. The number of anilines is 4. The van der Waals surface area contributed by atoms with E-state index in [0.29, 0.717) is 47.3 Å². The summed E-state index contributed by atoms with van der Waals surface area (Å²) in [6, 6.07) is 76.0. The van der Waals surface area contributed by atoms with Gasteiger partial charge in [-0.1, -0.05) is 221 Å². The van der Waals surface area contributed by atoms with Gasteiger partial charge in [0, 0.05) is 127 Å². The van der Waals surface area contributed by atoms with Gasteiger partial charge >= 0.3 is 0 Å². The van der Waals surface area contributed by atoms with E-state index in [-0.39, 0.29) is 25.6 Å². The number of para-hydroxylation sites is 2. The Morgan fingerprint density at radius 2 is 0.670 bits per heavy atom. The van der Waals surface area contributed by atoms with E-state index in [4.69, 9.17) is 0 Å². The summed E-state index contributed by atoms with van der Waals surface area (Å²) < 4.78 is 4.62. The molecule has 0 N–H and O–H groups in total. The molecule has 9 aromatic rings. The normalized spacial score (nSPS) is 11.9. The zero-order valence-corrected chi connectivity index (χ0v) is 62.2. The van der Waals surface area contributed by atoms with Gasteiger partial charge in [0.05, 0.1) is 11.1 Å². The third-order valence-corrected chi connectivity index (χ3v) is 17.1. The Hall–Kier alpha value is -8.13. The third kappa shape index (κ3) is 21.4. The summed E-state index contributed by atoms with van der Waals surface area (Å²) in [6.07, 6.45) is 0. The second-order valence-corrected chi connectivity index (χ2v) is 29.8. The van der Waals surface area contributed by atoms with E-state index in [9.17, 15) is 4.79 Å². The van der Waals surface area contributed by atoms with E-state index in [1.54, 1.807) is 0 Å². The maximum absolute atomic E-state index is 13.1. The van der Waals surface area contributed by atoms with Crippen LogP contribution in [0.2, 0.25) is 0 Å². The number of allylic oxidation sites excluding steroid dienone is 1. The van der Waals surface area contributed by atoms with Crippen molar-refractivity contribution in [2.45, 2.75) is 118 Å². The number of fused-ring (bicyclic) bond motifs is 2. The summed E-state index contributed by atoms with van der Waals surface area (Å²) in [5.41, 5.74) is 20.3. The Morgan fingerprint density at radius 3 is 1.01 bits per heavy atom. The number of hydrogen-bond donors (Lipinski definition) is 0. The first kappa shape index (κ1) is 77.9. The molecule has 10 rings (SSSR count). The number of carbonyl (C=O) groups is 1. The molecule has 7 nitrogen and oxygen atoms in total. The van der Waals surface area contributed by atoms with Crippen LogP contribution in [-0.2, 0) is 7.05 Å². The van der Waals surface area contributed by atoms with Crippen molar-refractivity contribution in [3.63, 3.8) is 0 Å². The van der Waals surface area contributed by atoms with Gasteiger partial charge in [-0.15, -0.1) is 0 Å². The molecule has 8 aromatic carbocycles. The van der Waals surface area contributed by atoms with E-state index >= 15 is 0 Å². The Morgan fingerprint density at radius 1 is 0.371 bits per heavy atom. The van der Waals surface area contributed by atoms with Gasteiger partial charge in [0.15, 0.2) is 5.78 Å². The van der Waals surface area contributed by atoms with Crippen molar-refractivity contribution in [3.8, 4) is 11.3 Å². The molecule has 2 heterocycles. The van der Waals surface area contributed by atoms with Crippen LogP contribution in [0.3, 0.4) is 0 Å². The monoisotopic (exact) mass is 1320 g/mol. The van der Waals surface area contributed by atoms with Crippen molar-refractivity contribution in [2.24, 2.45) is 54.4 Å². The Bertz CT molecular complexity index is 3710. The molecule has 0 saturated heterocycles. The molecule has 1 aliphatic rings. The topological polar surface area (TPSA) is 38.0 Å². The highest BCUT2D eigenvalue weighted by Crippen LogP contribution is 2.44. The number of aryl methyl sites for hydroxylation is 1. The van der Waals surface area contributed by atoms with Crippen molar-refractivity contribution >= 4 is 62.0 Å². The van der Waals surface area contributed by atoms with Crippen LogP contribution in [0.15, 0.2) is 212 Å². The maximum Gasteiger partial charge on any atom is 0.221 e. The van der Waals surface area contributed by atoms with Gasteiger partial charge in [-0.3, -0.25) is 4.79 Å². The third-order valence-electron chi connectivity index (χ3n) is 17.1. The molecule has 0 fully saturated rings. The van der Waals surface area contributed by atoms with E-state index in [1.165, 1.54) is 89.7 Å². The van der Waals surface area contributed by atoms with Gasteiger partial charge < -0.3 is 36.6 Å². The van der Waals surface area contributed by atoms with Crippen LogP contribution in [0, 0.1) is 47.3 Å². The zero-order valence-electron chi connectivity index (χ0n) is 61.5. The van der Waals surface area contributed by atoms with Crippen LogP contribution in [0.4, 0.5) is 28.4 Å². The SMILES string of the molecule is C.CC(C)CN(CC(C)C)c1ccc(C(=C2C(c3ccccc3)=[N+](C)c3ccccc32)c2ccc(N(CC(C)C)CC(C)C)cc2)cc1.CC(C)CN(CC(C)C)c1ccc(C(=O)c2ccc(N(CC(C)C)CC(C)C)cc2)cc1.Cn1c(-c2ccccc2)cc2ccccc21.[Cl-]. The molecule has 1 aliphatic heterocycles. The van der Waals surface area contributed by atoms with Crippen molar-refractivity contribution in [1.29, 1.82) is 0 Å². The van der Waals surface area contributed by atoms with Crippen LogP contribution in [0.5, 0.6) is 0 Å². The Labute approximate surface area is 593 Å². The summed E-state index contributed by atoms with van der Waals surface area (Å²) in [7, 11) is 4.33. The van der Waals surface area contributed by atoms with Gasteiger partial charge in [0.1, 0.15) is 7.05 Å². The molecule has 0 aliphatic carbocycles. The number of aromatic nitrogens is 1. The molecule has 8 heteroatoms. The van der Waals surface area contributed by atoms with Crippen molar-refractivity contribution in [1.82, 2.24) is 4.57 Å². The largest absolute Gasteiger partial charge is 1.00 e. The standard InChI is InChI=1S/C44H56N3.C29H44N2O.C15H13N.CH4.ClH/c1-31(2)27-46(28-32(3)4)38-23-19-35(20-24-38)42(36-21-25-39(26-22-36)47(29-33(5)6)30-34(7)8)43-40-17-13-14-18-41(40)45(9)44(43)37-15-11-10-12-16-37;1-21(2)17-30(18-22(3)4)27-13-9-25(10-14-27)29(32)26-11-15-28(16-12-26)31(19-23(5)6)20-24(7)8;1-16-14-10-6-5-9-13(14)11-15(16)12-7-3-2-4-8-12;;/h10-26,31-34H,27-30H2,1-9H3;9-16,21-24H,17-20H2,1-8H3;2-11H,1H3;1H4;1H/q+1;;;;/p-1. The van der Waals surface area contributed by atoms with E-state index in [0.717, 1.165) is 63.5 Å². The van der Waals surface area contributed by atoms with Crippen LogP contribution in [0.25, 0.3) is 33.3 Å². The second-order valence-electron chi connectivity index (χ2n) is 29.8. The van der Waals surface area contributed by atoms with Gasteiger partial charge in [0.25, 0.3) is 0 Å². The van der Waals surface area contributed by atoms with Gasteiger partial charge in [-0.25, -0.2) is 0 Å². The summed E-state index contributed by atoms with van der Waals surface area (Å²) in [4.78, 5) is 23.1. The van der Waals surface area contributed by atoms with E-state index in [2.05, 4.69) is 336 Å². The molecule has 0 saturated carbocycles. The molecule has 1 aromatic heterocycles. The predicted molar refractivity (Wildman–Crippen MR) is 421 cm³/mol. The lowest BCUT2D eigenvalue weighted by atomic mass is 9.86. The fraction of sp³-hybridized carbons (Fsp3) is 0.393. The second kappa shape index (κ2) is 37.0. The number of benzene rings is 8. The highest BCUT2D eigenvalue weighted by molar-refractivity contribution is 6.38. The van der Waals surface area contributed by atoms with Crippen LogP contribution in [0.1, 0.15) is 156 Å². The number of hydrogen-bond acceptors (Lipinski definition) is 5. The van der Waals surface area contributed by atoms with E-state index in [1.807, 2.05) is 30.3 Å². The number of carbonyl (C=O) groups excluding carboxylic acids is 1. The quantitative estimate of drug-likeness (QED) is 0.0399. The van der Waals surface area contributed by atoms with Gasteiger partial charge in [0.2, 0.25) is 11.4 Å². The smallest absolute Gasteiger partial charge is 0.221 e. The number of ketones is 1. The number of rotatable bonds is 26. The fourth-order valence-electron chi connectivity index (χ4n) is 13.4. The average molecular weight is 1320 g/mol. The average Bonchev–Trinajstić information content (AvgIpc) is 1.63. The maximum atomic E-state index is 13.1. The fourth-order valence-corrected chi connectivity index (χ4v) is 13.4. The molecular formula is C89H117ClN6O. The molecule has 97 heavy (non-hydrogen) atoms. The zero-order chi connectivity index (χ0) is 68.5. The molecular weight excluding hydrogens is 1200 g/mol. The van der Waals surface area contributed by atoms with Gasteiger partial charge in [-0.05, 0) is 167 Å². The lowest BCUT2D eigenvalue weighted by Crippen LogP contribution is -3.00. The number of halogens is 1. The Kier molecular flexibility index (Phi) is 29.7. The minimum atomic E-state index is 0. The van der Waals surface area contributed by atoms with Crippen molar-refractivity contribution in [3.05, 3.63) is 246 Å². The van der Waals surface area contributed by atoms with Crippen LogP contribution < -0.4 is 32.0 Å². The van der Waals surface area contributed by atoms with Gasteiger partial charge in [-0.2, -0.15) is 4.58 Å². The first-order valence-electron chi connectivity index (χ1n) is 35.5. The lowest BCUT2D eigenvalue weighted by Gasteiger charge is -2.29. The highest BCUT2D eigenvalue weighted by atomic mass is 35.5. The molecule has 0 atom stereocenters. The van der Waals surface area contributed by atoms with Crippen molar-refractivity contribution in [2.75, 3.05) is 79.0 Å². The number of nitrogens with zero attached hydrogens (tertiary/aromatic N) is 6. The summed E-state index contributed by atoms with van der Waals surface area (Å²) in [5.74, 6) is 4.88. The van der Waals surface area contributed by atoms with Crippen LogP contribution >= 0.6 is 0 Å². The lowest BCUT2D eigenvalue weighted by molar-refractivity contribution is -0.400. The minimum absolute atomic E-state index is 0. The Balaban J connectivity index is 0.000000255. The summed E-state index contributed by atoms with van der Waals surface area (Å²) >= 11 is 0. The van der Waals surface area contributed by atoms with Crippen LogP contribution in [-0.4, -0.2) is 80.0 Å². The molecule has 0 bridgehead atoms. The highest BCUT2D eigenvalue weighted by Gasteiger charge is 2.36. The minimum Gasteiger partial charge on any atom is -1.00 e. The predicted octanol–water partition coefficient (Wildman–Crippen LogP) is 19.3. The van der Waals surface area contributed by atoms with E-state index < -0.39 is 0 Å². The van der Waals surface area contributed by atoms with Crippen molar-refractivity contribution < 1.29 is 21.8 Å². The molecule has 0 amide bonds. The first-order chi connectivity index (χ1) is 45.4. The first-order valence-corrected chi connectivity index (χ1v) is 35.5. The summed E-state index contributed by atoms with van der Waals surface area (Å²) in [6.45, 7) is 44.8. The molecule has 0 radical (unpaired) electrons. The molecule has 0 spiro atoms.